The zero-order valence-electron chi connectivity index (χ0n) is 10.5. The van der Waals surface area contributed by atoms with Crippen molar-refractivity contribution in [1.82, 2.24) is 14.5 Å². The Morgan fingerprint density at radius 3 is 2.79 bits per heavy atom. The molecule has 0 aliphatic heterocycles. The number of aryl methyl sites for hydroxylation is 1. The first-order valence-corrected chi connectivity index (χ1v) is 8.67. The molecule has 2 rings (SSSR count). The molecule has 9 heteroatoms. The molecule has 0 unspecified atom stereocenters. The lowest BCUT2D eigenvalue weighted by Crippen LogP contribution is -2.31. The van der Waals surface area contributed by atoms with Crippen LogP contribution in [0.25, 0.3) is 0 Å². The van der Waals surface area contributed by atoms with E-state index >= 15 is 0 Å². The lowest BCUT2D eigenvalue weighted by Gasteiger charge is -2.15. The first-order chi connectivity index (χ1) is 9.00. The van der Waals surface area contributed by atoms with E-state index in [2.05, 4.69) is 15.5 Å². The number of sulfonamides is 1. The molecule has 2 aromatic heterocycles. The maximum atomic E-state index is 12.1. The molecule has 0 aliphatic rings. The van der Waals surface area contributed by atoms with Gasteiger partial charge in [-0.2, -0.15) is 4.31 Å². The van der Waals surface area contributed by atoms with Crippen LogP contribution in [-0.2, 0) is 10.0 Å². The van der Waals surface area contributed by atoms with Crippen LogP contribution in [-0.4, -0.2) is 43.1 Å². The Balaban J connectivity index is 1.89. The third-order valence-corrected chi connectivity index (χ3v) is 6.41. The molecule has 0 aromatic carbocycles. The lowest BCUT2D eigenvalue weighted by molar-refractivity contribution is 0.482. The smallest absolute Gasteiger partial charge is 0.252 e. The molecule has 0 amide bonds. The Kier molecular flexibility index (Phi) is 4.50. The van der Waals surface area contributed by atoms with E-state index < -0.39 is 10.0 Å². The highest BCUT2D eigenvalue weighted by molar-refractivity contribution is 7.91. The quantitative estimate of drug-likeness (QED) is 0.876. The lowest BCUT2D eigenvalue weighted by atomic mass is 10.6. The molecule has 0 saturated heterocycles. The van der Waals surface area contributed by atoms with E-state index in [0.29, 0.717) is 22.4 Å². The number of rotatable bonds is 6. The molecule has 0 saturated carbocycles. The van der Waals surface area contributed by atoms with Gasteiger partial charge >= 0.3 is 0 Å². The molecule has 1 N–H and O–H groups in total. The van der Waals surface area contributed by atoms with Crippen LogP contribution in [0.3, 0.4) is 0 Å². The molecule has 6 nitrogen and oxygen atoms in total. The maximum absolute atomic E-state index is 12.1. The van der Waals surface area contributed by atoms with E-state index in [1.165, 1.54) is 27.0 Å². The number of anilines is 1. The zero-order chi connectivity index (χ0) is 13.9. The van der Waals surface area contributed by atoms with Gasteiger partial charge in [0, 0.05) is 20.1 Å². The van der Waals surface area contributed by atoms with Crippen molar-refractivity contribution in [2.24, 2.45) is 0 Å². The molecular formula is C10H14N4O2S3. The summed E-state index contributed by atoms with van der Waals surface area (Å²) in [6.45, 7) is 2.74. The van der Waals surface area contributed by atoms with Crippen LogP contribution in [0.1, 0.15) is 5.01 Å². The molecule has 19 heavy (non-hydrogen) atoms. The van der Waals surface area contributed by atoms with Gasteiger partial charge in [-0.1, -0.05) is 17.4 Å². The van der Waals surface area contributed by atoms with E-state index in [-0.39, 0.29) is 0 Å². The minimum Gasteiger partial charge on any atom is -0.359 e. The Bertz CT molecular complexity index is 621. The largest absolute Gasteiger partial charge is 0.359 e. The van der Waals surface area contributed by atoms with Gasteiger partial charge < -0.3 is 5.32 Å². The van der Waals surface area contributed by atoms with Gasteiger partial charge in [0.15, 0.2) is 0 Å². The number of thiophene rings is 1. The maximum Gasteiger partial charge on any atom is 0.252 e. The highest BCUT2D eigenvalue weighted by atomic mass is 32.2. The van der Waals surface area contributed by atoms with Crippen molar-refractivity contribution in [1.29, 1.82) is 0 Å². The van der Waals surface area contributed by atoms with Crippen molar-refractivity contribution in [2.75, 3.05) is 25.5 Å². The van der Waals surface area contributed by atoms with Crippen LogP contribution in [0.4, 0.5) is 5.13 Å². The van der Waals surface area contributed by atoms with E-state index in [1.807, 2.05) is 6.92 Å². The van der Waals surface area contributed by atoms with E-state index in [0.717, 1.165) is 5.01 Å². The fourth-order valence-electron chi connectivity index (χ4n) is 1.37. The first kappa shape index (κ1) is 14.4. The number of aromatic nitrogens is 2. The average Bonchev–Trinajstić information content (AvgIpc) is 3.00. The topological polar surface area (TPSA) is 75.2 Å². The fraction of sp³-hybridized carbons (Fsp3) is 0.400. The fourth-order valence-corrected chi connectivity index (χ4v) is 4.36. The van der Waals surface area contributed by atoms with Gasteiger partial charge in [0.25, 0.3) is 10.0 Å². The Morgan fingerprint density at radius 1 is 1.42 bits per heavy atom. The minimum atomic E-state index is -3.37. The van der Waals surface area contributed by atoms with Crippen molar-refractivity contribution < 1.29 is 8.42 Å². The van der Waals surface area contributed by atoms with Gasteiger partial charge in [-0.15, -0.1) is 21.5 Å². The van der Waals surface area contributed by atoms with Gasteiger partial charge in [0.1, 0.15) is 9.22 Å². The second-order valence-electron chi connectivity index (χ2n) is 3.81. The summed E-state index contributed by atoms with van der Waals surface area (Å²) in [6.07, 6.45) is 0. The molecule has 0 aliphatic carbocycles. The van der Waals surface area contributed by atoms with Gasteiger partial charge in [-0.3, -0.25) is 0 Å². The predicted molar refractivity (Wildman–Crippen MR) is 77.3 cm³/mol. The Hall–Kier alpha value is -1.03. The van der Waals surface area contributed by atoms with Gasteiger partial charge in [-0.05, 0) is 18.4 Å². The summed E-state index contributed by atoms with van der Waals surface area (Å²) < 4.78 is 25.9. The summed E-state index contributed by atoms with van der Waals surface area (Å²) in [5.74, 6) is 0. The third kappa shape index (κ3) is 3.50. The van der Waals surface area contributed by atoms with Gasteiger partial charge in [-0.25, -0.2) is 8.42 Å². The predicted octanol–water partition coefficient (Wildman–Crippen LogP) is 1.64. The molecule has 0 bridgehead atoms. The van der Waals surface area contributed by atoms with Crippen molar-refractivity contribution in [2.45, 2.75) is 11.1 Å². The molecule has 0 atom stereocenters. The standard InChI is InChI=1S/C10H14N4O2S3/c1-8-12-13-10(18-8)11-5-6-14(2)19(15,16)9-4-3-7-17-9/h3-4,7H,5-6H2,1-2H3,(H,11,13). The van der Waals surface area contributed by atoms with E-state index in [4.69, 9.17) is 0 Å². The second kappa shape index (κ2) is 5.95. The number of hydrogen-bond donors (Lipinski definition) is 1. The summed E-state index contributed by atoms with van der Waals surface area (Å²) in [5.41, 5.74) is 0. The van der Waals surface area contributed by atoms with Crippen LogP contribution < -0.4 is 5.32 Å². The van der Waals surface area contributed by atoms with Gasteiger partial charge in [0.2, 0.25) is 5.13 Å². The highest BCUT2D eigenvalue weighted by Crippen LogP contribution is 2.19. The summed E-state index contributed by atoms with van der Waals surface area (Å²) in [7, 11) is -1.79. The number of nitrogens with zero attached hydrogens (tertiary/aromatic N) is 3. The molecule has 2 heterocycles. The second-order valence-corrected chi connectivity index (χ2v) is 8.21. The summed E-state index contributed by atoms with van der Waals surface area (Å²) in [6, 6.07) is 3.34. The molecule has 2 aromatic rings. The molecule has 0 fully saturated rings. The van der Waals surface area contributed by atoms with Gasteiger partial charge in [0.05, 0.1) is 0 Å². The number of hydrogen-bond acceptors (Lipinski definition) is 7. The molecular weight excluding hydrogens is 304 g/mol. The third-order valence-electron chi connectivity index (χ3n) is 2.39. The van der Waals surface area contributed by atoms with Crippen LogP contribution in [0.2, 0.25) is 0 Å². The SMILES string of the molecule is Cc1nnc(NCCN(C)S(=O)(=O)c2cccs2)s1. The normalized spacial score (nSPS) is 11.9. The van der Waals surface area contributed by atoms with E-state index in [1.54, 1.807) is 24.6 Å². The molecule has 0 spiro atoms. The minimum absolute atomic E-state index is 0.363. The van der Waals surface area contributed by atoms with Crippen molar-refractivity contribution in [3.63, 3.8) is 0 Å². The average molecular weight is 318 g/mol. The molecule has 104 valence electrons. The highest BCUT2D eigenvalue weighted by Gasteiger charge is 2.21. The summed E-state index contributed by atoms with van der Waals surface area (Å²) in [5, 5.41) is 14.2. The molecule has 0 radical (unpaired) electrons. The van der Waals surface area contributed by atoms with Crippen molar-refractivity contribution >= 4 is 37.8 Å². The monoisotopic (exact) mass is 318 g/mol. The van der Waals surface area contributed by atoms with Crippen LogP contribution in [0, 0.1) is 6.92 Å². The van der Waals surface area contributed by atoms with Crippen molar-refractivity contribution in [3.8, 4) is 0 Å². The van der Waals surface area contributed by atoms with Crippen LogP contribution >= 0.6 is 22.7 Å². The number of nitrogens with one attached hydrogen (secondary N) is 1. The summed E-state index contributed by atoms with van der Waals surface area (Å²) >= 11 is 2.67. The van der Waals surface area contributed by atoms with Crippen LogP contribution in [0.15, 0.2) is 21.7 Å². The summed E-state index contributed by atoms with van der Waals surface area (Å²) in [4.78, 5) is 0. The Labute approximate surface area is 120 Å². The van der Waals surface area contributed by atoms with E-state index in [9.17, 15) is 8.42 Å². The Morgan fingerprint density at radius 2 is 2.21 bits per heavy atom. The number of likely N-dealkylation sites (N-methyl/N-ethyl adjacent to an activating group) is 1. The van der Waals surface area contributed by atoms with Crippen molar-refractivity contribution in [3.05, 3.63) is 22.5 Å². The van der Waals surface area contributed by atoms with Crippen LogP contribution in [0.5, 0.6) is 0 Å². The first-order valence-electron chi connectivity index (χ1n) is 5.54. The zero-order valence-corrected chi connectivity index (χ0v) is 13.0.